The molecular weight excluding hydrogens is 248 g/mol. The number of carbonyl (C=O) groups is 1. The lowest BCUT2D eigenvalue weighted by Crippen LogP contribution is -2.16. The largest absolute Gasteiger partial charge is 0.384 e. The van der Waals surface area contributed by atoms with Gasteiger partial charge in [0.15, 0.2) is 0 Å². The van der Waals surface area contributed by atoms with Gasteiger partial charge in [-0.15, -0.1) is 11.3 Å². The summed E-state index contributed by atoms with van der Waals surface area (Å²) in [6.45, 7) is 0. The molecule has 1 aromatic heterocycles. The molecule has 0 aliphatic rings. The number of benzene rings is 1. The van der Waals surface area contributed by atoms with E-state index in [1.165, 1.54) is 11.3 Å². The SMILES string of the molecule is NC(Cc1ccccc1)=NOC(=O)c1cccs1. The van der Waals surface area contributed by atoms with Crippen molar-refractivity contribution in [2.45, 2.75) is 6.42 Å². The highest BCUT2D eigenvalue weighted by atomic mass is 32.1. The summed E-state index contributed by atoms with van der Waals surface area (Å²) >= 11 is 1.30. The Hall–Kier alpha value is -2.14. The Balaban J connectivity index is 1.92. The van der Waals surface area contributed by atoms with E-state index in [9.17, 15) is 4.79 Å². The van der Waals surface area contributed by atoms with Crippen LogP contribution in [0.1, 0.15) is 15.2 Å². The number of amidine groups is 1. The van der Waals surface area contributed by atoms with Gasteiger partial charge in [-0.2, -0.15) is 0 Å². The number of carbonyl (C=O) groups excluding carboxylic acids is 1. The fraction of sp³-hybridized carbons (Fsp3) is 0.0769. The van der Waals surface area contributed by atoms with Crippen LogP contribution in [0.25, 0.3) is 0 Å². The lowest BCUT2D eigenvalue weighted by atomic mass is 10.1. The first-order valence-electron chi connectivity index (χ1n) is 5.37. The number of nitrogens with zero attached hydrogens (tertiary/aromatic N) is 1. The lowest BCUT2D eigenvalue weighted by molar-refractivity contribution is 0.0520. The van der Waals surface area contributed by atoms with Crippen LogP contribution in [0.15, 0.2) is 53.0 Å². The highest BCUT2D eigenvalue weighted by molar-refractivity contribution is 7.11. The summed E-state index contributed by atoms with van der Waals surface area (Å²) in [4.78, 5) is 16.7. The minimum atomic E-state index is -0.485. The van der Waals surface area contributed by atoms with Gasteiger partial charge in [0, 0.05) is 6.42 Å². The Kier molecular flexibility index (Phi) is 4.09. The molecule has 5 heteroatoms. The third kappa shape index (κ3) is 3.43. The fourth-order valence-electron chi connectivity index (χ4n) is 1.38. The molecule has 0 aliphatic heterocycles. The zero-order valence-corrected chi connectivity index (χ0v) is 10.4. The van der Waals surface area contributed by atoms with Crippen LogP contribution in [0.3, 0.4) is 0 Å². The second kappa shape index (κ2) is 5.97. The van der Waals surface area contributed by atoms with Crippen molar-refractivity contribution in [2.24, 2.45) is 10.9 Å². The van der Waals surface area contributed by atoms with Crippen LogP contribution >= 0.6 is 11.3 Å². The van der Waals surface area contributed by atoms with E-state index >= 15 is 0 Å². The predicted molar refractivity (Wildman–Crippen MR) is 71.5 cm³/mol. The first-order valence-corrected chi connectivity index (χ1v) is 6.25. The summed E-state index contributed by atoms with van der Waals surface area (Å²) in [5.41, 5.74) is 6.70. The van der Waals surface area contributed by atoms with Crippen LogP contribution in [0.5, 0.6) is 0 Å². The van der Waals surface area contributed by atoms with Gasteiger partial charge in [-0.05, 0) is 17.0 Å². The number of nitrogens with two attached hydrogens (primary N) is 1. The third-order valence-electron chi connectivity index (χ3n) is 2.20. The van der Waals surface area contributed by atoms with Gasteiger partial charge in [0.2, 0.25) is 0 Å². The van der Waals surface area contributed by atoms with Gasteiger partial charge in [0.1, 0.15) is 10.7 Å². The van der Waals surface area contributed by atoms with E-state index in [1.54, 1.807) is 17.5 Å². The Morgan fingerprint density at radius 3 is 2.67 bits per heavy atom. The number of thiophene rings is 1. The van der Waals surface area contributed by atoms with Crippen LogP contribution in [-0.2, 0) is 11.3 Å². The van der Waals surface area contributed by atoms with Crippen molar-refractivity contribution in [1.29, 1.82) is 0 Å². The third-order valence-corrected chi connectivity index (χ3v) is 3.05. The van der Waals surface area contributed by atoms with Crippen molar-refractivity contribution in [2.75, 3.05) is 0 Å². The molecule has 92 valence electrons. The Morgan fingerprint density at radius 2 is 2.00 bits per heavy atom. The zero-order chi connectivity index (χ0) is 12.8. The summed E-state index contributed by atoms with van der Waals surface area (Å²) in [5.74, 6) is -0.216. The van der Waals surface area contributed by atoms with Crippen molar-refractivity contribution in [3.05, 3.63) is 58.3 Å². The number of oxime groups is 1. The average Bonchev–Trinajstić information content (AvgIpc) is 2.91. The van der Waals surface area contributed by atoms with Crippen molar-refractivity contribution in [3.63, 3.8) is 0 Å². The monoisotopic (exact) mass is 260 g/mol. The topological polar surface area (TPSA) is 64.7 Å². The molecule has 18 heavy (non-hydrogen) atoms. The molecule has 0 atom stereocenters. The van der Waals surface area contributed by atoms with E-state index in [4.69, 9.17) is 10.6 Å². The van der Waals surface area contributed by atoms with Crippen molar-refractivity contribution < 1.29 is 9.63 Å². The molecule has 2 rings (SSSR count). The molecule has 2 N–H and O–H groups in total. The first-order chi connectivity index (χ1) is 8.75. The molecule has 0 bridgehead atoms. The van der Waals surface area contributed by atoms with Gasteiger partial charge < -0.3 is 10.6 Å². The minimum absolute atomic E-state index is 0.270. The number of hydrogen-bond donors (Lipinski definition) is 1. The van der Waals surface area contributed by atoms with Gasteiger partial charge >= 0.3 is 5.97 Å². The van der Waals surface area contributed by atoms with E-state index in [0.29, 0.717) is 11.3 Å². The van der Waals surface area contributed by atoms with Crippen LogP contribution in [0, 0.1) is 0 Å². The predicted octanol–water partition coefficient (Wildman–Crippen LogP) is 2.42. The maximum Gasteiger partial charge on any atom is 0.375 e. The Bertz CT molecular complexity index is 535. The van der Waals surface area contributed by atoms with E-state index in [2.05, 4.69) is 5.16 Å². The maximum absolute atomic E-state index is 11.5. The quantitative estimate of drug-likeness (QED) is 0.397. The molecule has 1 heterocycles. The van der Waals surface area contributed by atoms with E-state index in [-0.39, 0.29) is 5.84 Å². The molecule has 0 spiro atoms. The molecule has 0 saturated carbocycles. The smallest absolute Gasteiger partial charge is 0.375 e. The molecule has 0 aliphatic carbocycles. The van der Waals surface area contributed by atoms with Gasteiger partial charge in [0.25, 0.3) is 0 Å². The van der Waals surface area contributed by atoms with Crippen LogP contribution in [-0.4, -0.2) is 11.8 Å². The van der Waals surface area contributed by atoms with Gasteiger partial charge in [0.05, 0.1) is 0 Å². The van der Waals surface area contributed by atoms with Crippen LogP contribution in [0.2, 0.25) is 0 Å². The van der Waals surface area contributed by atoms with Gasteiger partial charge in [-0.3, -0.25) is 0 Å². The Morgan fingerprint density at radius 1 is 1.22 bits per heavy atom. The molecule has 0 radical (unpaired) electrons. The van der Waals surface area contributed by atoms with Gasteiger partial charge in [-0.25, -0.2) is 4.79 Å². The summed E-state index contributed by atoms with van der Waals surface area (Å²) < 4.78 is 0. The molecule has 2 aromatic rings. The molecular formula is C13H12N2O2S. The maximum atomic E-state index is 11.5. The van der Waals surface area contributed by atoms with Crippen molar-refractivity contribution >= 4 is 23.1 Å². The van der Waals surface area contributed by atoms with E-state index < -0.39 is 5.97 Å². The summed E-state index contributed by atoms with van der Waals surface area (Å²) in [5, 5.41) is 5.43. The second-order valence-corrected chi connectivity index (χ2v) is 4.55. The molecule has 1 aromatic carbocycles. The summed E-state index contributed by atoms with van der Waals surface area (Å²) in [6, 6.07) is 13.1. The average molecular weight is 260 g/mol. The van der Waals surface area contributed by atoms with E-state index in [0.717, 1.165) is 5.56 Å². The Labute approximate surface area is 109 Å². The first kappa shape index (κ1) is 12.3. The molecule has 4 nitrogen and oxygen atoms in total. The highest BCUT2D eigenvalue weighted by Crippen LogP contribution is 2.10. The van der Waals surface area contributed by atoms with E-state index in [1.807, 2.05) is 30.3 Å². The highest BCUT2D eigenvalue weighted by Gasteiger charge is 2.08. The summed E-state index contributed by atoms with van der Waals surface area (Å²) in [6.07, 6.45) is 0.457. The van der Waals surface area contributed by atoms with Crippen LogP contribution < -0.4 is 5.73 Å². The molecule has 0 unspecified atom stereocenters. The lowest BCUT2D eigenvalue weighted by Gasteiger charge is -2.00. The minimum Gasteiger partial charge on any atom is -0.384 e. The van der Waals surface area contributed by atoms with Crippen molar-refractivity contribution in [1.82, 2.24) is 0 Å². The van der Waals surface area contributed by atoms with Crippen LogP contribution in [0.4, 0.5) is 0 Å². The van der Waals surface area contributed by atoms with Gasteiger partial charge in [-0.1, -0.05) is 41.6 Å². The fourth-order valence-corrected chi connectivity index (χ4v) is 1.97. The summed E-state index contributed by atoms with van der Waals surface area (Å²) in [7, 11) is 0. The second-order valence-electron chi connectivity index (χ2n) is 3.60. The standard InChI is InChI=1S/C13H12N2O2S/c14-12(9-10-5-2-1-3-6-10)15-17-13(16)11-7-4-8-18-11/h1-8H,9H2,(H2,14,15). The number of rotatable bonds is 4. The molecule has 0 saturated heterocycles. The zero-order valence-electron chi connectivity index (χ0n) is 9.58. The molecule has 0 fully saturated rings. The number of hydrogen-bond acceptors (Lipinski definition) is 4. The normalized spacial score (nSPS) is 11.2. The molecule has 0 amide bonds. The van der Waals surface area contributed by atoms with Crippen molar-refractivity contribution in [3.8, 4) is 0 Å².